The number of anilines is 2. The number of nitrogen functional groups attached to an aromatic ring is 1. The van der Waals surface area contributed by atoms with E-state index >= 15 is 0 Å². The Hall–Kier alpha value is -2.55. The SMILES string of the molecule is CCC(CC)c1nnc(NC(=O)c2ccc(N)c([N+](=O)[O-])c2)s1. The summed E-state index contributed by atoms with van der Waals surface area (Å²) in [5, 5.41) is 22.8. The van der Waals surface area contributed by atoms with Crippen LogP contribution in [-0.4, -0.2) is 21.0 Å². The summed E-state index contributed by atoms with van der Waals surface area (Å²) in [6.45, 7) is 4.14. The molecule has 0 aliphatic rings. The summed E-state index contributed by atoms with van der Waals surface area (Å²) in [4.78, 5) is 22.4. The van der Waals surface area contributed by atoms with E-state index in [0.29, 0.717) is 11.0 Å². The fourth-order valence-electron chi connectivity index (χ4n) is 2.10. The number of nitro benzene ring substituents is 1. The van der Waals surface area contributed by atoms with Crippen LogP contribution < -0.4 is 11.1 Å². The standard InChI is InChI=1S/C14H17N5O3S/c1-3-8(4-2)13-17-18-14(23-13)16-12(20)9-5-6-10(15)11(7-9)19(21)22/h5-8H,3-4,15H2,1-2H3,(H,16,18,20). The molecule has 0 aliphatic heterocycles. The normalized spacial score (nSPS) is 10.7. The Morgan fingerprint density at radius 2 is 2.09 bits per heavy atom. The fourth-order valence-corrected chi connectivity index (χ4v) is 3.11. The fraction of sp³-hybridized carbons (Fsp3) is 0.357. The third-order valence-electron chi connectivity index (χ3n) is 3.49. The van der Waals surface area contributed by atoms with Crippen LogP contribution in [0.5, 0.6) is 0 Å². The Morgan fingerprint density at radius 1 is 1.39 bits per heavy atom. The van der Waals surface area contributed by atoms with Crippen molar-refractivity contribution in [2.75, 3.05) is 11.1 Å². The summed E-state index contributed by atoms with van der Waals surface area (Å²) in [7, 11) is 0. The van der Waals surface area contributed by atoms with E-state index in [-0.39, 0.29) is 16.9 Å². The van der Waals surface area contributed by atoms with Crippen LogP contribution in [0.1, 0.15) is 48.0 Å². The highest BCUT2D eigenvalue weighted by molar-refractivity contribution is 7.15. The molecule has 9 heteroatoms. The molecule has 0 unspecified atom stereocenters. The molecule has 2 aromatic rings. The highest BCUT2D eigenvalue weighted by Gasteiger charge is 2.18. The molecule has 0 radical (unpaired) electrons. The number of hydrogen-bond acceptors (Lipinski definition) is 7. The van der Waals surface area contributed by atoms with E-state index in [1.807, 2.05) is 0 Å². The Balaban J connectivity index is 2.16. The van der Waals surface area contributed by atoms with Gasteiger partial charge in [0.25, 0.3) is 11.6 Å². The zero-order chi connectivity index (χ0) is 17.0. The van der Waals surface area contributed by atoms with Crippen molar-refractivity contribution in [2.24, 2.45) is 0 Å². The van der Waals surface area contributed by atoms with Gasteiger partial charge in [-0.25, -0.2) is 0 Å². The quantitative estimate of drug-likeness (QED) is 0.474. The van der Waals surface area contributed by atoms with Crippen LogP contribution in [0.4, 0.5) is 16.5 Å². The van der Waals surface area contributed by atoms with Gasteiger partial charge in [0.15, 0.2) is 0 Å². The van der Waals surface area contributed by atoms with Crippen molar-refractivity contribution in [1.29, 1.82) is 0 Å². The van der Waals surface area contributed by atoms with Crippen molar-refractivity contribution in [3.63, 3.8) is 0 Å². The molecule has 1 amide bonds. The first-order chi connectivity index (χ1) is 11.0. The summed E-state index contributed by atoms with van der Waals surface area (Å²) in [6.07, 6.45) is 1.90. The number of hydrogen-bond donors (Lipinski definition) is 2. The first-order valence-electron chi connectivity index (χ1n) is 7.14. The van der Waals surface area contributed by atoms with Crippen LogP contribution >= 0.6 is 11.3 Å². The number of nitrogens with one attached hydrogen (secondary N) is 1. The van der Waals surface area contributed by atoms with Crippen LogP contribution in [-0.2, 0) is 0 Å². The van der Waals surface area contributed by atoms with E-state index in [4.69, 9.17) is 5.73 Å². The van der Waals surface area contributed by atoms with Crippen molar-refractivity contribution in [2.45, 2.75) is 32.6 Å². The lowest BCUT2D eigenvalue weighted by molar-refractivity contribution is -0.383. The van der Waals surface area contributed by atoms with Gasteiger partial charge in [-0.15, -0.1) is 10.2 Å². The number of nitrogens with zero attached hydrogens (tertiary/aromatic N) is 3. The molecule has 0 fully saturated rings. The lowest BCUT2D eigenvalue weighted by Crippen LogP contribution is -2.12. The highest BCUT2D eigenvalue weighted by Crippen LogP contribution is 2.28. The second kappa shape index (κ2) is 7.14. The van der Waals surface area contributed by atoms with Crippen molar-refractivity contribution in [3.05, 3.63) is 38.9 Å². The Labute approximate surface area is 136 Å². The largest absolute Gasteiger partial charge is 0.393 e. The maximum atomic E-state index is 12.2. The monoisotopic (exact) mass is 335 g/mol. The van der Waals surface area contributed by atoms with Gasteiger partial charge < -0.3 is 5.73 Å². The lowest BCUT2D eigenvalue weighted by Gasteiger charge is -2.06. The molecule has 0 aliphatic carbocycles. The minimum atomic E-state index is -0.623. The van der Waals surface area contributed by atoms with E-state index in [9.17, 15) is 14.9 Å². The van der Waals surface area contributed by atoms with E-state index in [0.717, 1.165) is 23.9 Å². The molecule has 23 heavy (non-hydrogen) atoms. The predicted molar refractivity (Wildman–Crippen MR) is 88.7 cm³/mol. The van der Waals surface area contributed by atoms with Crippen LogP contribution in [0.3, 0.4) is 0 Å². The summed E-state index contributed by atoms with van der Waals surface area (Å²) in [5.41, 5.74) is 5.37. The van der Waals surface area contributed by atoms with Gasteiger partial charge in [-0.3, -0.25) is 20.2 Å². The van der Waals surface area contributed by atoms with Gasteiger partial charge in [-0.2, -0.15) is 0 Å². The van der Waals surface area contributed by atoms with Crippen molar-refractivity contribution < 1.29 is 9.72 Å². The molecule has 1 aromatic heterocycles. The predicted octanol–water partition coefficient (Wildman–Crippen LogP) is 3.18. The van der Waals surface area contributed by atoms with Crippen LogP contribution in [0.15, 0.2) is 18.2 Å². The molecule has 3 N–H and O–H groups in total. The number of nitrogens with two attached hydrogens (primary N) is 1. The molecule has 1 aromatic carbocycles. The number of amides is 1. The number of carbonyl (C=O) groups excluding carboxylic acids is 1. The molecule has 2 rings (SSSR count). The molecule has 0 saturated heterocycles. The van der Waals surface area contributed by atoms with Crippen molar-refractivity contribution in [1.82, 2.24) is 10.2 Å². The van der Waals surface area contributed by atoms with Gasteiger partial charge in [0.05, 0.1) is 4.92 Å². The van der Waals surface area contributed by atoms with Gasteiger partial charge in [-0.1, -0.05) is 25.2 Å². The Morgan fingerprint density at radius 3 is 2.70 bits per heavy atom. The lowest BCUT2D eigenvalue weighted by atomic mass is 10.1. The first-order valence-corrected chi connectivity index (χ1v) is 7.96. The van der Waals surface area contributed by atoms with Gasteiger partial charge in [0, 0.05) is 17.5 Å². The molecule has 0 saturated carbocycles. The number of benzene rings is 1. The number of rotatable bonds is 6. The average molecular weight is 335 g/mol. The zero-order valence-corrected chi connectivity index (χ0v) is 13.6. The second-order valence-electron chi connectivity index (χ2n) is 4.94. The highest BCUT2D eigenvalue weighted by atomic mass is 32.1. The van der Waals surface area contributed by atoms with E-state index in [2.05, 4.69) is 29.4 Å². The molecule has 1 heterocycles. The molecule has 0 bridgehead atoms. The van der Waals surface area contributed by atoms with Gasteiger partial charge >= 0.3 is 0 Å². The molecular formula is C14H17N5O3S. The summed E-state index contributed by atoms with van der Waals surface area (Å²) in [6, 6.07) is 3.91. The first kappa shape index (κ1) is 16.8. The maximum Gasteiger partial charge on any atom is 0.292 e. The van der Waals surface area contributed by atoms with E-state index in [1.165, 1.54) is 23.5 Å². The van der Waals surface area contributed by atoms with Gasteiger partial charge in [-0.05, 0) is 25.0 Å². The Bertz CT molecular complexity index is 727. The Kier molecular flexibility index (Phi) is 5.22. The third kappa shape index (κ3) is 3.81. The maximum absolute atomic E-state index is 12.2. The molecular weight excluding hydrogens is 318 g/mol. The minimum absolute atomic E-state index is 0.0125. The van der Waals surface area contributed by atoms with E-state index < -0.39 is 10.8 Å². The van der Waals surface area contributed by atoms with Gasteiger partial charge in [0.1, 0.15) is 10.7 Å². The average Bonchev–Trinajstić information content (AvgIpc) is 2.97. The van der Waals surface area contributed by atoms with E-state index in [1.54, 1.807) is 0 Å². The number of carbonyl (C=O) groups is 1. The van der Waals surface area contributed by atoms with Crippen LogP contribution in [0.25, 0.3) is 0 Å². The molecule has 0 atom stereocenters. The van der Waals surface area contributed by atoms with Crippen molar-refractivity contribution >= 4 is 33.8 Å². The topological polar surface area (TPSA) is 124 Å². The third-order valence-corrected chi connectivity index (χ3v) is 4.49. The summed E-state index contributed by atoms with van der Waals surface area (Å²) < 4.78 is 0. The summed E-state index contributed by atoms with van der Waals surface area (Å²) >= 11 is 1.31. The smallest absolute Gasteiger partial charge is 0.292 e. The van der Waals surface area contributed by atoms with Crippen LogP contribution in [0.2, 0.25) is 0 Å². The zero-order valence-electron chi connectivity index (χ0n) is 12.8. The molecule has 0 spiro atoms. The molecule has 8 nitrogen and oxygen atoms in total. The second-order valence-corrected chi connectivity index (χ2v) is 5.95. The summed E-state index contributed by atoms with van der Waals surface area (Å²) in [5.74, 6) is -0.170. The van der Waals surface area contributed by atoms with Crippen molar-refractivity contribution in [3.8, 4) is 0 Å². The van der Waals surface area contributed by atoms with Crippen LogP contribution in [0, 0.1) is 10.1 Å². The van der Waals surface area contributed by atoms with Gasteiger partial charge in [0.2, 0.25) is 5.13 Å². The number of aromatic nitrogens is 2. The number of nitro groups is 1. The minimum Gasteiger partial charge on any atom is -0.393 e. The molecule has 122 valence electrons.